The van der Waals surface area contributed by atoms with Crippen molar-refractivity contribution >= 4 is 16.9 Å². The molecule has 6 rings (SSSR count). The van der Waals surface area contributed by atoms with E-state index < -0.39 is 0 Å². The quantitative estimate of drug-likeness (QED) is 0.538. The fourth-order valence-electron chi connectivity index (χ4n) is 5.62. The number of hydrogen-bond acceptors (Lipinski definition) is 7. The van der Waals surface area contributed by atoms with Crippen LogP contribution in [0.1, 0.15) is 49.3 Å². The van der Waals surface area contributed by atoms with Crippen molar-refractivity contribution in [2.75, 3.05) is 32.7 Å². The second-order valence-electron chi connectivity index (χ2n) is 9.88. The third kappa shape index (κ3) is 4.91. The number of furan rings is 1. The zero-order valence-corrected chi connectivity index (χ0v) is 20.0. The van der Waals surface area contributed by atoms with E-state index in [4.69, 9.17) is 9.15 Å². The van der Waals surface area contributed by atoms with Gasteiger partial charge in [0, 0.05) is 74.9 Å². The highest BCUT2D eigenvalue weighted by atomic mass is 16.5. The highest BCUT2D eigenvalue weighted by Crippen LogP contribution is 2.29. The van der Waals surface area contributed by atoms with E-state index in [9.17, 15) is 4.79 Å². The van der Waals surface area contributed by atoms with Crippen LogP contribution in [0.2, 0.25) is 0 Å². The van der Waals surface area contributed by atoms with Gasteiger partial charge in [0.2, 0.25) is 11.8 Å². The number of likely N-dealkylation sites (tertiary alicyclic amines) is 2. The largest absolute Gasteiger partial charge is 0.464 e. The average molecular weight is 476 g/mol. The van der Waals surface area contributed by atoms with Crippen molar-refractivity contribution in [3.05, 3.63) is 53.9 Å². The lowest BCUT2D eigenvalue weighted by Gasteiger charge is -2.36. The van der Waals surface area contributed by atoms with Gasteiger partial charge in [-0.15, -0.1) is 0 Å². The van der Waals surface area contributed by atoms with Crippen molar-refractivity contribution in [2.45, 2.75) is 50.6 Å². The summed E-state index contributed by atoms with van der Waals surface area (Å²) in [7, 11) is 0. The van der Waals surface area contributed by atoms with E-state index in [1.165, 1.54) is 5.56 Å². The number of rotatable bonds is 7. The van der Waals surface area contributed by atoms with Crippen molar-refractivity contribution in [3.63, 3.8) is 0 Å². The number of nitrogens with one attached hydrogen (secondary N) is 2. The predicted octanol–water partition coefficient (Wildman–Crippen LogP) is 3.79. The van der Waals surface area contributed by atoms with Gasteiger partial charge in [-0.25, -0.2) is 4.98 Å². The van der Waals surface area contributed by atoms with Gasteiger partial charge in [0.1, 0.15) is 11.3 Å². The smallest absolute Gasteiger partial charge is 0.222 e. The molecule has 3 aliphatic rings. The van der Waals surface area contributed by atoms with Crippen LogP contribution in [0.15, 0.2) is 47.2 Å². The van der Waals surface area contributed by atoms with Crippen LogP contribution in [0, 0.1) is 0 Å². The Hall–Kier alpha value is -2.94. The summed E-state index contributed by atoms with van der Waals surface area (Å²) < 4.78 is 11.9. The maximum Gasteiger partial charge on any atom is 0.222 e. The summed E-state index contributed by atoms with van der Waals surface area (Å²) in [5, 5.41) is 1.14. The van der Waals surface area contributed by atoms with Crippen LogP contribution in [0.3, 0.4) is 0 Å². The Morgan fingerprint density at radius 2 is 2.03 bits per heavy atom. The second kappa shape index (κ2) is 9.97. The summed E-state index contributed by atoms with van der Waals surface area (Å²) in [5.41, 5.74) is 9.62. The maximum atomic E-state index is 12.0. The van der Waals surface area contributed by atoms with Crippen LogP contribution in [0.4, 0.5) is 0 Å². The van der Waals surface area contributed by atoms with Gasteiger partial charge >= 0.3 is 0 Å². The number of carbonyl (C=O) groups excluding carboxylic acids is 1. The molecule has 0 radical (unpaired) electrons. The molecule has 0 spiro atoms. The number of nitrogens with zero attached hydrogens (tertiary/aromatic N) is 3. The Labute approximate surface area is 205 Å². The van der Waals surface area contributed by atoms with E-state index in [1.54, 1.807) is 0 Å². The van der Waals surface area contributed by atoms with Crippen molar-refractivity contribution in [3.8, 4) is 11.6 Å². The molecule has 3 aromatic rings. The monoisotopic (exact) mass is 475 g/mol. The van der Waals surface area contributed by atoms with Gasteiger partial charge in [0.15, 0.2) is 0 Å². The molecule has 0 aliphatic carbocycles. The van der Waals surface area contributed by atoms with Crippen molar-refractivity contribution < 1.29 is 13.9 Å². The third-order valence-corrected chi connectivity index (χ3v) is 7.65. The van der Waals surface area contributed by atoms with Crippen molar-refractivity contribution in [1.82, 2.24) is 25.6 Å². The van der Waals surface area contributed by atoms with Gasteiger partial charge in [0.05, 0.1) is 6.26 Å². The van der Waals surface area contributed by atoms with Gasteiger partial charge in [0.25, 0.3) is 0 Å². The minimum Gasteiger partial charge on any atom is -0.464 e. The SMILES string of the molecule is O=C1CCCN1C1CCN(CCc2coc3cc(Oc4ccc(C5CCNN5)cn4)ccc23)CC1. The van der Waals surface area contributed by atoms with E-state index in [1.807, 2.05) is 30.7 Å². The summed E-state index contributed by atoms with van der Waals surface area (Å²) in [6.07, 6.45) is 9.68. The number of carbonyl (C=O) groups is 1. The number of pyridine rings is 1. The number of fused-ring (bicyclic) bond motifs is 1. The number of ether oxygens (including phenoxy) is 1. The first-order valence-electron chi connectivity index (χ1n) is 12.9. The number of amides is 1. The van der Waals surface area contributed by atoms with E-state index in [0.717, 1.165) is 93.5 Å². The molecule has 2 aromatic heterocycles. The third-order valence-electron chi connectivity index (χ3n) is 7.65. The summed E-state index contributed by atoms with van der Waals surface area (Å²) in [5.74, 6) is 1.64. The van der Waals surface area contributed by atoms with Gasteiger partial charge in [-0.3, -0.25) is 15.6 Å². The van der Waals surface area contributed by atoms with Crippen LogP contribution in [-0.4, -0.2) is 59.5 Å². The molecule has 1 unspecified atom stereocenters. The summed E-state index contributed by atoms with van der Waals surface area (Å²) in [6.45, 7) is 5.04. The first-order valence-corrected chi connectivity index (χ1v) is 12.9. The van der Waals surface area contributed by atoms with Gasteiger partial charge < -0.3 is 19.0 Å². The molecule has 3 aliphatic heterocycles. The summed E-state index contributed by atoms with van der Waals surface area (Å²) in [6, 6.07) is 10.7. The highest BCUT2D eigenvalue weighted by molar-refractivity contribution is 5.82. The lowest BCUT2D eigenvalue weighted by atomic mass is 10.0. The van der Waals surface area contributed by atoms with E-state index in [0.29, 0.717) is 23.9 Å². The first-order chi connectivity index (χ1) is 17.2. The zero-order chi connectivity index (χ0) is 23.6. The molecule has 3 fully saturated rings. The molecule has 1 amide bonds. The maximum absolute atomic E-state index is 12.0. The zero-order valence-electron chi connectivity index (χ0n) is 20.0. The lowest BCUT2D eigenvalue weighted by Crippen LogP contribution is -2.45. The predicted molar refractivity (Wildman–Crippen MR) is 133 cm³/mol. The van der Waals surface area contributed by atoms with Crippen LogP contribution in [0.25, 0.3) is 11.0 Å². The molecule has 35 heavy (non-hydrogen) atoms. The molecular formula is C27H33N5O3. The first kappa shape index (κ1) is 22.5. The van der Waals surface area contributed by atoms with Crippen molar-refractivity contribution in [1.29, 1.82) is 0 Å². The molecular weight excluding hydrogens is 442 g/mol. The highest BCUT2D eigenvalue weighted by Gasteiger charge is 2.30. The molecule has 1 atom stereocenters. The van der Waals surface area contributed by atoms with Crippen LogP contribution >= 0.6 is 0 Å². The van der Waals surface area contributed by atoms with Gasteiger partial charge in [-0.05, 0) is 55.4 Å². The number of benzene rings is 1. The minimum absolute atomic E-state index is 0.301. The molecule has 184 valence electrons. The minimum atomic E-state index is 0.301. The Bertz CT molecular complexity index is 1160. The molecule has 3 saturated heterocycles. The lowest BCUT2D eigenvalue weighted by molar-refractivity contribution is -0.130. The molecule has 2 N–H and O–H groups in total. The topological polar surface area (TPSA) is 82.9 Å². The van der Waals surface area contributed by atoms with Gasteiger partial charge in [-0.2, -0.15) is 0 Å². The van der Waals surface area contributed by atoms with Crippen LogP contribution in [-0.2, 0) is 11.2 Å². The Kier molecular flexibility index (Phi) is 6.41. The summed E-state index contributed by atoms with van der Waals surface area (Å²) in [4.78, 5) is 21.1. The standard InChI is InChI=1S/C27H33N5O3/c33-27-2-1-12-32(27)21-9-14-31(15-10-21)13-8-20-18-34-25-16-22(4-5-23(20)25)35-26-6-3-19(17-28-26)24-7-11-29-30-24/h3-6,16-18,21,24,29-30H,1-2,7-15H2. The van der Waals surface area contributed by atoms with E-state index >= 15 is 0 Å². The molecule has 8 heteroatoms. The fraction of sp³-hybridized carbons (Fsp3) is 0.481. The van der Waals surface area contributed by atoms with Crippen LogP contribution in [0.5, 0.6) is 11.6 Å². The normalized spacial score (nSPS) is 21.9. The molecule has 1 aromatic carbocycles. The fourth-order valence-corrected chi connectivity index (χ4v) is 5.62. The molecule has 0 bridgehead atoms. The van der Waals surface area contributed by atoms with Gasteiger partial charge in [-0.1, -0.05) is 6.07 Å². The second-order valence-corrected chi connectivity index (χ2v) is 9.88. The Balaban J connectivity index is 1.03. The molecule has 5 heterocycles. The number of hydrazine groups is 1. The molecule has 0 saturated carbocycles. The number of piperidine rings is 1. The van der Waals surface area contributed by atoms with E-state index in [-0.39, 0.29) is 0 Å². The van der Waals surface area contributed by atoms with E-state index in [2.05, 4.69) is 37.8 Å². The average Bonchev–Trinajstić information content (AvgIpc) is 3.65. The van der Waals surface area contributed by atoms with Crippen LogP contribution < -0.4 is 15.6 Å². The Morgan fingerprint density at radius 1 is 1.11 bits per heavy atom. The summed E-state index contributed by atoms with van der Waals surface area (Å²) >= 11 is 0. The molecule has 8 nitrogen and oxygen atoms in total. The number of hydrogen-bond donors (Lipinski definition) is 2. The van der Waals surface area contributed by atoms with Crippen molar-refractivity contribution in [2.24, 2.45) is 0 Å². The number of aromatic nitrogens is 1. The Morgan fingerprint density at radius 3 is 2.77 bits per heavy atom.